The third kappa shape index (κ3) is 2.89. The van der Waals surface area contributed by atoms with Gasteiger partial charge in [0.2, 0.25) is 5.91 Å². The minimum absolute atomic E-state index is 0.167. The number of thioether (sulfide) groups is 1. The van der Waals surface area contributed by atoms with Gasteiger partial charge in [0.05, 0.1) is 0 Å². The lowest BCUT2D eigenvalue weighted by Crippen LogP contribution is -2.37. The molecule has 4 heteroatoms. The summed E-state index contributed by atoms with van der Waals surface area (Å²) in [5.74, 6) is 1.41. The number of hydrogen-bond donors (Lipinski definition) is 1. The van der Waals surface area contributed by atoms with Gasteiger partial charge in [-0.15, -0.1) is 0 Å². The molecule has 14 heavy (non-hydrogen) atoms. The number of rotatable bonds is 4. The van der Waals surface area contributed by atoms with Gasteiger partial charge in [-0.05, 0) is 19.7 Å². The van der Waals surface area contributed by atoms with E-state index in [0.29, 0.717) is 11.9 Å². The Morgan fingerprint density at radius 1 is 1.71 bits per heavy atom. The van der Waals surface area contributed by atoms with E-state index in [4.69, 9.17) is 0 Å². The molecule has 3 nitrogen and oxygen atoms in total. The van der Waals surface area contributed by atoms with E-state index < -0.39 is 0 Å². The van der Waals surface area contributed by atoms with Crippen LogP contribution in [-0.4, -0.2) is 49.0 Å². The Labute approximate surface area is 90.6 Å². The second-order valence-corrected chi connectivity index (χ2v) is 4.83. The molecule has 0 radical (unpaired) electrons. The fourth-order valence-electron chi connectivity index (χ4n) is 1.83. The predicted octanol–water partition coefficient (Wildman–Crippen LogP) is 0.806. The van der Waals surface area contributed by atoms with Crippen LogP contribution in [0.1, 0.15) is 13.3 Å². The molecule has 0 aromatic carbocycles. The van der Waals surface area contributed by atoms with Crippen molar-refractivity contribution in [3.63, 3.8) is 0 Å². The minimum Gasteiger partial charge on any atom is -0.341 e. The number of carbonyl (C=O) groups is 1. The van der Waals surface area contributed by atoms with Crippen LogP contribution < -0.4 is 5.32 Å². The molecule has 0 bridgehead atoms. The molecule has 2 atom stereocenters. The quantitative estimate of drug-likeness (QED) is 0.754. The van der Waals surface area contributed by atoms with Gasteiger partial charge in [0, 0.05) is 30.8 Å². The molecule has 1 fully saturated rings. The van der Waals surface area contributed by atoms with E-state index >= 15 is 0 Å². The Hall–Kier alpha value is -0.220. The van der Waals surface area contributed by atoms with E-state index in [0.717, 1.165) is 25.3 Å². The van der Waals surface area contributed by atoms with Gasteiger partial charge < -0.3 is 10.2 Å². The lowest BCUT2D eigenvalue weighted by Gasteiger charge is -2.20. The molecule has 1 aliphatic rings. The highest BCUT2D eigenvalue weighted by Gasteiger charge is 2.27. The molecule has 0 saturated carbocycles. The average molecular weight is 216 g/mol. The molecular weight excluding hydrogens is 196 g/mol. The topological polar surface area (TPSA) is 32.3 Å². The van der Waals surface area contributed by atoms with Crippen LogP contribution in [0.3, 0.4) is 0 Å². The second-order valence-electron chi connectivity index (χ2n) is 3.91. The van der Waals surface area contributed by atoms with Crippen molar-refractivity contribution in [3.05, 3.63) is 0 Å². The highest BCUT2D eigenvalue weighted by atomic mass is 32.2. The Bertz CT molecular complexity index is 199. The number of likely N-dealkylation sites (tertiary alicyclic amines) is 1. The lowest BCUT2D eigenvalue weighted by molar-refractivity contribution is -0.133. The van der Waals surface area contributed by atoms with E-state index in [9.17, 15) is 4.79 Å². The van der Waals surface area contributed by atoms with E-state index in [-0.39, 0.29) is 5.92 Å². The SMILES string of the molecule is CNC1CCN(C(=O)C(C)CSC)C1. The van der Waals surface area contributed by atoms with Gasteiger partial charge in [-0.25, -0.2) is 0 Å². The summed E-state index contributed by atoms with van der Waals surface area (Å²) in [6, 6.07) is 0.500. The fourth-order valence-corrected chi connectivity index (χ4v) is 2.47. The van der Waals surface area contributed by atoms with E-state index in [1.165, 1.54) is 0 Å². The van der Waals surface area contributed by atoms with Crippen LogP contribution >= 0.6 is 11.8 Å². The van der Waals surface area contributed by atoms with Crippen LogP contribution in [0.15, 0.2) is 0 Å². The van der Waals surface area contributed by atoms with Crippen LogP contribution in [0, 0.1) is 5.92 Å². The first-order valence-corrected chi connectivity index (χ1v) is 6.53. The third-order valence-corrected chi connectivity index (χ3v) is 3.58. The Morgan fingerprint density at radius 2 is 2.43 bits per heavy atom. The lowest BCUT2D eigenvalue weighted by atomic mass is 10.2. The van der Waals surface area contributed by atoms with E-state index in [2.05, 4.69) is 5.32 Å². The summed E-state index contributed by atoms with van der Waals surface area (Å²) >= 11 is 1.74. The Kier molecular flexibility index (Phi) is 4.75. The molecule has 1 aliphatic heterocycles. The van der Waals surface area contributed by atoms with Crippen molar-refractivity contribution in [1.29, 1.82) is 0 Å². The predicted molar refractivity (Wildman–Crippen MR) is 61.6 cm³/mol. The molecule has 1 amide bonds. The van der Waals surface area contributed by atoms with Gasteiger partial charge in [-0.3, -0.25) is 4.79 Å². The largest absolute Gasteiger partial charge is 0.341 e. The second kappa shape index (κ2) is 5.61. The van der Waals surface area contributed by atoms with Gasteiger partial charge in [0.1, 0.15) is 0 Å². The molecule has 1 saturated heterocycles. The van der Waals surface area contributed by atoms with Crippen molar-refractivity contribution in [3.8, 4) is 0 Å². The fraction of sp³-hybridized carbons (Fsp3) is 0.900. The first kappa shape index (κ1) is 11.9. The van der Waals surface area contributed by atoms with Crippen molar-refractivity contribution < 1.29 is 4.79 Å². The number of hydrogen-bond acceptors (Lipinski definition) is 3. The zero-order valence-corrected chi connectivity index (χ0v) is 10.1. The summed E-state index contributed by atoms with van der Waals surface area (Å²) < 4.78 is 0. The maximum atomic E-state index is 11.9. The number of amides is 1. The van der Waals surface area contributed by atoms with Crippen molar-refractivity contribution in [2.24, 2.45) is 5.92 Å². The third-order valence-electron chi connectivity index (χ3n) is 2.75. The van der Waals surface area contributed by atoms with Crippen LogP contribution in [0.4, 0.5) is 0 Å². The molecular formula is C10H20N2OS. The van der Waals surface area contributed by atoms with Gasteiger partial charge in [0.25, 0.3) is 0 Å². The summed E-state index contributed by atoms with van der Waals surface area (Å²) in [7, 11) is 1.96. The van der Waals surface area contributed by atoms with E-state index in [1.807, 2.05) is 25.1 Å². The maximum Gasteiger partial charge on any atom is 0.226 e. The smallest absolute Gasteiger partial charge is 0.226 e. The summed E-state index contributed by atoms with van der Waals surface area (Å²) in [4.78, 5) is 13.9. The van der Waals surface area contributed by atoms with Crippen molar-refractivity contribution >= 4 is 17.7 Å². The first-order chi connectivity index (χ1) is 6.69. The van der Waals surface area contributed by atoms with Crippen LogP contribution in [-0.2, 0) is 4.79 Å². The molecule has 82 valence electrons. The van der Waals surface area contributed by atoms with Crippen molar-refractivity contribution in [2.75, 3.05) is 32.1 Å². The molecule has 0 aromatic rings. The highest BCUT2D eigenvalue weighted by Crippen LogP contribution is 2.14. The summed E-state index contributed by atoms with van der Waals surface area (Å²) in [6.07, 6.45) is 3.14. The van der Waals surface area contributed by atoms with Crippen molar-refractivity contribution in [1.82, 2.24) is 10.2 Å². The summed E-state index contributed by atoms with van der Waals surface area (Å²) in [6.45, 7) is 3.82. The zero-order chi connectivity index (χ0) is 10.6. The molecule has 1 heterocycles. The number of likely N-dealkylation sites (N-methyl/N-ethyl adjacent to an activating group) is 1. The molecule has 0 aromatic heterocycles. The van der Waals surface area contributed by atoms with Crippen LogP contribution in [0.5, 0.6) is 0 Å². The van der Waals surface area contributed by atoms with Gasteiger partial charge in [-0.1, -0.05) is 6.92 Å². The molecule has 2 unspecified atom stereocenters. The maximum absolute atomic E-state index is 11.9. The normalized spacial score (nSPS) is 23.9. The monoisotopic (exact) mass is 216 g/mol. The molecule has 1 N–H and O–H groups in total. The number of nitrogens with zero attached hydrogens (tertiary/aromatic N) is 1. The zero-order valence-electron chi connectivity index (χ0n) is 9.25. The number of nitrogens with one attached hydrogen (secondary N) is 1. The van der Waals surface area contributed by atoms with Crippen molar-refractivity contribution in [2.45, 2.75) is 19.4 Å². The van der Waals surface area contributed by atoms with Gasteiger partial charge in [0.15, 0.2) is 0 Å². The first-order valence-electron chi connectivity index (χ1n) is 5.14. The molecule has 0 spiro atoms. The van der Waals surface area contributed by atoms with Crippen LogP contribution in [0.25, 0.3) is 0 Å². The standard InChI is InChI=1S/C10H20N2OS/c1-8(7-14-3)10(13)12-5-4-9(6-12)11-2/h8-9,11H,4-7H2,1-3H3. The highest BCUT2D eigenvalue weighted by molar-refractivity contribution is 7.98. The number of carbonyl (C=O) groups excluding carboxylic acids is 1. The van der Waals surface area contributed by atoms with Crippen LogP contribution in [0.2, 0.25) is 0 Å². The minimum atomic E-state index is 0.167. The molecule has 1 rings (SSSR count). The molecule has 0 aliphatic carbocycles. The average Bonchev–Trinajstić information content (AvgIpc) is 2.65. The summed E-state index contributed by atoms with van der Waals surface area (Å²) in [5.41, 5.74) is 0. The Balaban J connectivity index is 2.38. The summed E-state index contributed by atoms with van der Waals surface area (Å²) in [5, 5.41) is 3.22. The van der Waals surface area contributed by atoms with E-state index in [1.54, 1.807) is 11.8 Å². The Morgan fingerprint density at radius 3 is 2.93 bits per heavy atom. The van der Waals surface area contributed by atoms with Gasteiger partial charge >= 0.3 is 0 Å². The van der Waals surface area contributed by atoms with Gasteiger partial charge in [-0.2, -0.15) is 11.8 Å².